The molecule has 1 rings (SSSR count). The van der Waals surface area contributed by atoms with Gasteiger partial charge in [0.2, 0.25) is 0 Å². The molecule has 2 heteroatoms. The van der Waals surface area contributed by atoms with E-state index in [9.17, 15) is 0 Å². The van der Waals surface area contributed by atoms with E-state index in [4.69, 9.17) is 0 Å². The summed E-state index contributed by atoms with van der Waals surface area (Å²) in [5.74, 6) is 0. The third-order valence-corrected chi connectivity index (χ3v) is 3.03. The molecule has 1 nitrogen and oxygen atoms in total. The summed E-state index contributed by atoms with van der Waals surface area (Å²) in [6.07, 6.45) is 3.03. The molecule has 0 aliphatic carbocycles. The Morgan fingerprint density at radius 2 is 1.71 bits per heavy atom. The Hall–Kier alpha value is -0.370. The van der Waals surface area contributed by atoms with Crippen molar-refractivity contribution >= 4 is 11.3 Å². The van der Waals surface area contributed by atoms with Crippen molar-refractivity contribution in [3.05, 3.63) is 16.6 Å². The molecule has 0 saturated carbocycles. The second kappa shape index (κ2) is 9.20. The molecule has 0 fully saturated rings. The maximum absolute atomic E-state index is 4.28. The Kier molecular flexibility index (Phi) is 10.6. The number of aromatic nitrogens is 1. The molecular weight excluding hydrogens is 190 g/mol. The van der Waals surface area contributed by atoms with Crippen LogP contribution in [0.2, 0.25) is 0 Å². The number of rotatable bonds is 2. The average Bonchev–Trinajstić information content (AvgIpc) is 2.77. The molecule has 0 spiro atoms. The summed E-state index contributed by atoms with van der Waals surface area (Å²) in [5.41, 5.74) is 0.272. The first kappa shape index (κ1) is 16.1. The predicted molar refractivity (Wildman–Crippen MR) is 68.1 cm³/mol. The van der Waals surface area contributed by atoms with Crippen LogP contribution in [0.1, 0.15) is 59.9 Å². The lowest BCUT2D eigenvalue weighted by Gasteiger charge is -2.18. The van der Waals surface area contributed by atoms with E-state index in [0.717, 1.165) is 6.42 Å². The van der Waals surface area contributed by atoms with Crippen LogP contribution in [-0.4, -0.2) is 4.98 Å². The Balaban J connectivity index is 0. The summed E-state index contributed by atoms with van der Waals surface area (Å²) >= 11 is 1.74. The van der Waals surface area contributed by atoms with E-state index in [0.29, 0.717) is 0 Å². The summed E-state index contributed by atoms with van der Waals surface area (Å²) in [4.78, 5) is 4.28. The highest BCUT2D eigenvalue weighted by Crippen LogP contribution is 2.27. The SMILES string of the molecule is CC.CC.CCC(C)(C)c1nccs1. The summed E-state index contributed by atoms with van der Waals surface area (Å²) in [5, 5.41) is 3.28. The van der Waals surface area contributed by atoms with Gasteiger partial charge in [0.25, 0.3) is 0 Å². The van der Waals surface area contributed by atoms with Crippen LogP contribution in [0.5, 0.6) is 0 Å². The van der Waals surface area contributed by atoms with Gasteiger partial charge < -0.3 is 0 Å². The van der Waals surface area contributed by atoms with Crippen molar-refractivity contribution in [1.82, 2.24) is 4.98 Å². The second-order valence-corrected chi connectivity index (χ2v) is 3.97. The molecular formula is C12H25NS. The summed E-state index contributed by atoms with van der Waals surface area (Å²) in [6, 6.07) is 0. The Morgan fingerprint density at radius 1 is 1.21 bits per heavy atom. The first-order chi connectivity index (χ1) is 6.67. The van der Waals surface area contributed by atoms with E-state index in [-0.39, 0.29) is 5.41 Å². The molecule has 0 saturated heterocycles. The second-order valence-electron chi connectivity index (χ2n) is 3.07. The zero-order valence-electron chi connectivity index (χ0n) is 10.7. The number of hydrogen-bond acceptors (Lipinski definition) is 2. The molecule has 0 aliphatic heterocycles. The topological polar surface area (TPSA) is 12.9 Å². The van der Waals surface area contributed by atoms with Gasteiger partial charge in [0.05, 0.1) is 5.01 Å². The van der Waals surface area contributed by atoms with Crippen LogP contribution in [0.3, 0.4) is 0 Å². The lowest BCUT2D eigenvalue weighted by molar-refractivity contribution is 0.503. The average molecular weight is 215 g/mol. The van der Waals surface area contributed by atoms with Crippen molar-refractivity contribution in [2.75, 3.05) is 0 Å². The van der Waals surface area contributed by atoms with Gasteiger partial charge in [-0.3, -0.25) is 0 Å². The van der Waals surface area contributed by atoms with Gasteiger partial charge in [-0.2, -0.15) is 0 Å². The van der Waals surface area contributed by atoms with Crippen molar-refractivity contribution in [2.24, 2.45) is 0 Å². The van der Waals surface area contributed by atoms with Crippen molar-refractivity contribution in [1.29, 1.82) is 0 Å². The van der Waals surface area contributed by atoms with E-state index in [1.807, 2.05) is 39.3 Å². The highest BCUT2D eigenvalue weighted by molar-refractivity contribution is 7.09. The van der Waals surface area contributed by atoms with Gasteiger partial charge in [0.15, 0.2) is 0 Å². The molecule has 0 aromatic carbocycles. The van der Waals surface area contributed by atoms with Crippen LogP contribution in [0, 0.1) is 0 Å². The van der Waals surface area contributed by atoms with E-state index >= 15 is 0 Å². The maximum atomic E-state index is 4.28. The molecule has 14 heavy (non-hydrogen) atoms. The van der Waals surface area contributed by atoms with E-state index in [1.165, 1.54) is 5.01 Å². The Bertz CT molecular complexity index is 190. The molecule has 1 aromatic heterocycles. The lowest BCUT2D eigenvalue weighted by Crippen LogP contribution is -2.14. The van der Waals surface area contributed by atoms with Gasteiger partial charge in [-0.05, 0) is 6.42 Å². The third-order valence-electron chi connectivity index (χ3n) is 1.90. The summed E-state index contributed by atoms with van der Waals surface area (Å²) in [7, 11) is 0. The fourth-order valence-corrected chi connectivity index (χ4v) is 1.54. The highest BCUT2D eigenvalue weighted by Gasteiger charge is 2.19. The predicted octanol–water partition coefficient (Wildman–Crippen LogP) is 4.88. The molecule has 0 bridgehead atoms. The third kappa shape index (κ3) is 5.38. The monoisotopic (exact) mass is 215 g/mol. The molecule has 1 aromatic rings. The molecule has 0 N–H and O–H groups in total. The largest absolute Gasteiger partial charge is 0.249 e. The standard InChI is InChI=1S/C8H13NS.2C2H6/c1-4-8(2,3)7-9-5-6-10-7;2*1-2/h5-6H,4H2,1-3H3;2*1-2H3. The smallest absolute Gasteiger partial charge is 0.0981 e. The Morgan fingerprint density at radius 3 is 2.00 bits per heavy atom. The first-order valence-corrected chi connectivity index (χ1v) is 6.45. The van der Waals surface area contributed by atoms with Gasteiger partial charge in [0, 0.05) is 17.0 Å². The van der Waals surface area contributed by atoms with Gasteiger partial charge in [-0.1, -0.05) is 48.5 Å². The quantitative estimate of drug-likeness (QED) is 0.685. The van der Waals surface area contributed by atoms with Crippen molar-refractivity contribution in [3.63, 3.8) is 0 Å². The molecule has 84 valence electrons. The van der Waals surface area contributed by atoms with Crippen LogP contribution in [0.4, 0.5) is 0 Å². The van der Waals surface area contributed by atoms with Gasteiger partial charge in [-0.15, -0.1) is 11.3 Å². The Labute approximate surface area is 93.6 Å². The number of hydrogen-bond donors (Lipinski definition) is 0. The fourth-order valence-electron chi connectivity index (χ4n) is 0.709. The van der Waals surface area contributed by atoms with Crippen LogP contribution >= 0.6 is 11.3 Å². The molecule has 0 atom stereocenters. The van der Waals surface area contributed by atoms with E-state index < -0.39 is 0 Å². The van der Waals surface area contributed by atoms with Crippen LogP contribution < -0.4 is 0 Å². The number of thiazole rings is 1. The highest BCUT2D eigenvalue weighted by atomic mass is 32.1. The van der Waals surface area contributed by atoms with Crippen molar-refractivity contribution < 1.29 is 0 Å². The lowest BCUT2D eigenvalue weighted by atomic mass is 9.91. The van der Waals surface area contributed by atoms with E-state index in [2.05, 4.69) is 25.8 Å². The zero-order chi connectivity index (χ0) is 11.6. The van der Waals surface area contributed by atoms with Gasteiger partial charge in [-0.25, -0.2) is 4.98 Å². The first-order valence-electron chi connectivity index (χ1n) is 5.57. The minimum absolute atomic E-state index is 0.272. The maximum Gasteiger partial charge on any atom is 0.0981 e. The molecule has 0 amide bonds. The minimum atomic E-state index is 0.272. The number of nitrogens with zero attached hydrogens (tertiary/aromatic N) is 1. The molecule has 1 heterocycles. The minimum Gasteiger partial charge on any atom is -0.249 e. The summed E-state index contributed by atoms with van der Waals surface area (Å²) in [6.45, 7) is 14.7. The molecule has 0 radical (unpaired) electrons. The normalized spacial score (nSPS) is 9.36. The van der Waals surface area contributed by atoms with Gasteiger partial charge >= 0.3 is 0 Å². The zero-order valence-corrected chi connectivity index (χ0v) is 11.5. The van der Waals surface area contributed by atoms with Gasteiger partial charge in [0.1, 0.15) is 0 Å². The van der Waals surface area contributed by atoms with E-state index in [1.54, 1.807) is 11.3 Å². The van der Waals surface area contributed by atoms with Crippen LogP contribution in [0.15, 0.2) is 11.6 Å². The summed E-state index contributed by atoms with van der Waals surface area (Å²) < 4.78 is 0. The molecule has 0 unspecified atom stereocenters. The van der Waals surface area contributed by atoms with Crippen molar-refractivity contribution in [2.45, 2.75) is 60.3 Å². The fraction of sp³-hybridized carbons (Fsp3) is 0.750. The molecule has 0 aliphatic rings. The van der Waals surface area contributed by atoms with Crippen molar-refractivity contribution in [3.8, 4) is 0 Å². The van der Waals surface area contributed by atoms with Crippen LogP contribution in [-0.2, 0) is 5.41 Å². The van der Waals surface area contributed by atoms with Crippen LogP contribution in [0.25, 0.3) is 0 Å².